The number of carbonyl (C=O) groups is 1. The lowest BCUT2D eigenvalue weighted by Crippen LogP contribution is -3.00. The van der Waals surface area contributed by atoms with Gasteiger partial charge >= 0.3 is 5.97 Å². The Labute approximate surface area is 142 Å². The number of esters is 1. The van der Waals surface area contributed by atoms with Crippen molar-refractivity contribution in [2.24, 2.45) is 0 Å². The number of fused-ring (bicyclic) bond motifs is 2. The highest BCUT2D eigenvalue weighted by Gasteiger charge is 2.46. The molecule has 0 radical (unpaired) electrons. The number of benzene rings is 1. The average Bonchev–Trinajstić information content (AvgIpc) is 2.60. The van der Waals surface area contributed by atoms with Gasteiger partial charge in [0.2, 0.25) is 0 Å². The number of nitrogens with zero attached hydrogens (tertiary/aromatic N) is 1. The molecule has 1 aromatic carbocycles. The van der Waals surface area contributed by atoms with Crippen LogP contribution in [-0.4, -0.2) is 47.8 Å². The summed E-state index contributed by atoms with van der Waals surface area (Å²) in [6.45, 7) is 1.49. The molecule has 122 valence electrons. The van der Waals surface area contributed by atoms with Crippen molar-refractivity contribution in [3.8, 4) is 5.75 Å². The molecule has 2 heterocycles. The molecular formula is C17H24BrNO3. The molecule has 0 aromatic heterocycles. The van der Waals surface area contributed by atoms with E-state index in [1.807, 2.05) is 6.07 Å². The Morgan fingerprint density at radius 2 is 1.64 bits per heavy atom. The number of carbonyl (C=O) groups excluding carboxylic acids is 1. The Morgan fingerprint density at radius 1 is 1.14 bits per heavy atom. The number of aromatic hydroxyl groups is 1. The molecule has 2 aliphatic heterocycles. The van der Waals surface area contributed by atoms with Crippen molar-refractivity contribution in [1.29, 1.82) is 0 Å². The van der Waals surface area contributed by atoms with Gasteiger partial charge in [0.15, 0.2) is 0 Å². The number of hydrogen-bond acceptors (Lipinski definition) is 3. The zero-order chi connectivity index (χ0) is 15.5. The third-order valence-electron chi connectivity index (χ3n) is 4.36. The fourth-order valence-electron chi connectivity index (χ4n) is 3.04. The van der Waals surface area contributed by atoms with Crippen LogP contribution in [0.2, 0.25) is 0 Å². The molecule has 0 spiro atoms. The van der Waals surface area contributed by atoms with Gasteiger partial charge in [-0.25, -0.2) is 0 Å². The van der Waals surface area contributed by atoms with Crippen molar-refractivity contribution < 1.29 is 36.1 Å². The van der Waals surface area contributed by atoms with Gasteiger partial charge in [-0.3, -0.25) is 4.79 Å². The van der Waals surface area contributed by atoms with E-state index in [1.165, 1.54) is 6.92 Å². The van der Waals surface area contributed by atoms with Gasteiger partial charge < -0.3 is 31.3 Å². The Balaban J connectivity index is 0.000000258. The highest BCUT2D eigenvalue weighted by atomic mass is 79.9. The van der Waals surface area contributed by atoms with E-state index in [9.17, 15) is 4.79 Å². The van der Waals surface area contributed by atoms with E-state index < -0.39 is 0 Å². The maximum Gasteiger partial charge on any atom is 0.302 e. The second-order valence-electron chi connectivity index (χ2n) is 6.19. The van der Waals surface area contributed by atoms with Crippen LogP contribution in [0.5, 0.6) is 5.75 Å². The van der Waals surface area contributed by atoms with Crippen molar-refractivity contribution in [3.63, 3.8) is 0 Å². The van der Waals surface area contributed by atoms with E-state index in [0.29, 0.717) is 17.8 Å². The van der Waals surface area contributed by atoms with Crippen LogP contribution in [0.15, 0.2) is 42.5 Å². The minimum Gasteiger partial charge on any atom is -1.00 e. The highest BCUT2D eigenvalue weighted by Crippen LogP contribution is 2.35. The standard InChI is InChI=1S/C11H18NO2.C6H6O.BrH/c1-8(13)14-11-6-9-4-5-10(7-11)12(9,2)3;7-6-4-2-1-3-5-6;/h4-5,9-11H,6-7H2,1-3H3;1-5,7H;1H/q+1;;/p-1. The number of phenolic OH excluding ortho intramolecular Hbond substituents is 1. The highest BCUT2D eigenvalue weighted by molar-refractivity contribution is 5.66. The van der Waals surface area contributed by atoms with Gasteiger partial charge in [0, 0.05) is 19.8 Å². The molecule has 1 fully saturated rings. The van der Waals surface area contributed by atoms with Crippen molar-refractivity contribution >= 4 is 5.97 Å². The summed E-state index contributed by atoms with van der Waals surface area (Å²) in [5.74, 6) is 0.170. The molecule has 2 atom stereocenters. The molecule has 4 nitrogen and oxygen atoms in total. The molecule has 2 unspecified atom stereocenters. The van der Waals surface area contributed by atoms with Crippen molar-refractivity contribution in [1.82, 2.24) is 0 Å². The molecule has 22 heavy (non-hydrogen) atoms. The first-order valence-corrected chi connectivity index (χ1v) is 7.32. The molecule has 1 aromatic rings. The molecule has 2 bridgehead atoms. The molecule has 0 saturated carbocycles. The van der Waals surface area contributed by atoms with Gasteiger partial charge in [0.25, 0.3) is 0 Å². The number of piperidine rings is 1. The average molecular weight is 370 g/mol. The minimum absolute atomic E-state index is 0. The largest absolute Gasteiger partial charge is 1.00 e. The van der Waals surface area contributed by atoms with E-state index >= 15 is 0 Å². The number of likely N-dealkylation sites (N-methyl/N-ethyl adjacent to an activating group) is 1. The van der Waals surface area contributed by atoms with Gasteiger partial charge in [0.05, 0.1) is 14.1 Å². The fraction of sp³-hybridized carbons (Fsp3) is 0.471. The number of ether oxygens (including phenoxy) is 1. The maximum atomic E-state index is 10.9. The van der Waals surface area contributed by atoms with Crippen LogP contribution in [0, 0.1) is 0 Å². The summed E-state index contributed by atoms with van der Waals surface area (Å²) >= 11 is 0. The smallest absolute Gasteiger partial charge is 0.302 e. The van der Waals surface area contributed by atoms with Crippen LogP contribution in [0.4, 0.5) is 0 Å². The predicted octanol–water partition coefficient (Wildman–Crippen LogP) is -0.508. The lowest BCUT2D eigenvalue weighted by molar-refractivity contribution is -0.926. The molecule has 3 rings (SSSR count). The maximum absolute atomic E-state index is 10.9. The van der Waals surface area contributed by atoms with E-state index in [0.717, 1.165) is 17.3 Å². The van der Waals surface area contributed by atoms with Crippen LogP contribution in [0.3, 0.4) is 0 Å². The third kappa shape index (κ3) is 4.58. The molecule has 1 saturated heterocycles. The number of hydrogen-bond donors (Lipinski definition) is 1. The summed E-state index contributed by atoms with van der Waals surface area (Å²) in [6, 6.07) is 9.76. The normalized spacial score (nSPS) is 27.1. The van der Waals surface area contributed by atoms with E-state index in [1.54, 1.807) is 24.3 Å². The lowest BCUT2D eigenvalue weighted by atomic mass is 9.97. The second-order valence-corrected chi connectivity index (χ2v) is 6.19. The quantitative estimate of drug-likeness (QED) is 0.412. The van der Waals surface area contributed by atoms with Crippen LogP contribution in [0.1, 0.15) is 19.8 Å². The molecular weight excluding hydrogens is 346 g/mol. The lowest BCUT2D eigenvalue weighted by Gasteiger charge is -2.43. The van der Waals surface area contributed by atoms with Gasteiger partial charge in [0.1, 0.15) is 23.9 Å². The third-order valence-corrected chi connectivity index (χ3v) is 4.36. The van der Waals surface area contributed by atoms with Gasteiger partial charge in [-0.05, 0) is 24.3 Å². The Hall–Kier alpha value is -1.33. The summed E-state index contributed by atoms with van der Waals surface area (Å²) < 4.78 is 6.30. The number of para-hydroxylation sites is 1. The zero-order valence-electron chi connectivity index (χ0n) is 13.3. The Bertz CT molecular complexity index is 498. The summed E-state index contributed by atoms with van der Waals surface area (Å²) in [4.78, 5) is 10.9. The number of phenols is 1. The Morgan fingerprint density at radius 3 is 2.00 bits per heavy atom. The fourth-order valence-corrected chi connectivity index (χ4v) is 3.04. The molecule has 0 aliphatic carbocycles. The van der Waals surface area contributed by atoms with Gasteiger partial charge in [-0.2, -0.15) is 0 Å². The van der Waals surface area contributed by atoms with E-state index in [2.05, 4.69) is 26.2 Å². The minimum atomic E-state index is -0.151. The predicted molar refractivity (Wildman–Crippen MR) is 81.7 cm³/mol. The van der Waals surface area contributed by atoms with Crippen LogP contribution in [0.25, 0.3) is 0 Å². The van der Waals surface area contributed by atoms with Crippen molar-refractivity contribution in [2.45, 2.75) is 38.0 Å². The number of rotatable bonds is 1. The van der Waals surface area contributed by atoms with Crippen molar-refractivity contribution in [3.05, 3.63) is 42.5 Å². The molecule has 0 amide bonds. The van der Waals surface area contributed by atoms with Gasteiger partial charge in [-0.15, -0.1) is 0 Å². The monoisotopic (exact) mass is 369 g/mol. The second kappa shape index (κ2) is 7.79. The number of halogens is 1. The Kier molecular flexibility index (Phi) is 6.63. The topological polar surface area (TPSA) is 46.5 Å². The first-order valence-electron chi connectivity index (χ1n) is 7.32. The summed E-state index contributed by atoms with van der Waals surface area (Å²) in [5, 5.41) is 8.63. The first kappa shape index (κ1) is 18.7. The molecule has 1 N–H and O–H groups in total. The summed E-state index contributed by atoms with van der Waals surface area (Å²) in [5.41, 5.74) is 0. The molecule has 5 heteroatoms. The number of quaternary nitrogens is 1. The van der Waals surface area contributed by atoms with Crippen LogP contribution in [-0.2, 0) is 9.53 Å². The first-order chi connectivity index (χ1) is 9.89. The van der Waals surface area contributed by atoms with E-state index in [4.69, 9.17) is 9.84 Å². The SMILES string of the molecule is CC(=O)OC1CC2C=CC(C1)[N+]2(C)C.Oc1ccccc1.[Br-]. The van der Waals surface area contributed by atoms with Crippen LogP contribution >= 0.6 is 0 Å². The van der Waals surface area contributed by atoms with E-state index in [-0.39, 0.29) is 29.1 Å². The van der Waals surface area contributed by atoms with Gasteiger partial charge in [-0.1, -0.05) is 18.2 Å². The zero-order valence-corrected chi connectivity index (χ0v) is 14.9. The summed E-state index contributed by atoms with van der Waals surface area (Å²) in [6.07, 6.45) is 6.62. The van der Waals surface area contributed by atoms with Crippen molar-refractivity contribution in [2.75, 3.05) is 14.1 Å². The summed E-state index contributed by atoms with van der Waals surface area (Å²) in [7, 11) is 4.50. The van der Waals surface area contributed by atoms with Crippen LogP contribution < -0.4 is 17.0 Å². The molecule has 2 aliphatic rings.